The summed E-state index contributed by atoms with van der Waals surface area (Å²) in [6.45, 7) is 5.08. The second-order valence-electron chi connectivity index (χ2n) is 5.52. The summed E-state index contributed by atoms with van der Waals surface area (Å²) in [4.78, 5) is 17.2. The third kappa shape index (κ3) is 2.67. The van der Waals surface area contributed by atoms with Crippen molar-refractivity contribution < 1.29 is 23.1 Å². The first-order valence-corrected chi connectivity index (χ1v) is 6.88. The predicted octanol–water partition coefficient (Wildman–Crippen LogP) is 2.46. The molecule has 0 bridgehead atoms. The van der Waals surface area contributed by atoms with E-state index < -0.39 is 28.7 Å². The molecule has 2 heterocycles. The van der Waals surface area contributed by atoms with Crippen molar-refractivity contribution in [3.8, 4) is 0 Å². The monoisotopic (exact) mass is 308 g/mol. The van der Waals surface area contributed by atoms with Gasteiger partial charge < -0.3 is 10.0 Å². The van der Waals surface area contributed by atoms with Crippen LogP contribution in [0.1, 0.15) is 40.6 Å². The van der Waals surface area contributed by atoms with Crippen LogP contribution in [0.5, 0.6) is 0 Å². The Kier molecular flexibility index (Phi) is 3.58. The quantitative estimate of drug-likeness (QED) is 0.867. The van der Waals surface area contributed by atoms with Crippen molar-refractivity contribution in [1.82, 2.24) is 9.88 Å². The van der Waals surface area contributed by atoms with Crippen LogP contribution in [0.2, 0.25) is 0 Å². The molecule has 0 spiro atoms. The van der Waals surface area contributed by atoms with Gasteiger partial charge in [0, 0.05) is 12.1 Å². The lowest BCUT2D eigenvalue weighted by molar-refractivity contribution is -0.137. The number of rotatable bonds is 1. The van der Waals surface area contributed by atoms with Gasteiger partial charge in [-0.2, -0.15) is 13.2 Å². The Labute approximate surface area is 118 Å². The molecule has 112 valence electrons. The fourth-order valence-electron chi connectivity index (χ4n) is 2.41. The van der Waals surface area contributed by atoms with Crippen LogP contribution in [-0.2, 0) is 6.18 Å². The largest absolute Gasteiger partial charge is 0.443 e. The van der Waals surface area contributed by atoms with Crippen molar-refractivity contribution in [1.29, 1.82) is 0 Å². The van der Waals surface area contributed by atoms with E-state index in [2.05, 4.69) is 4.98 Å². The smallest absolute Gasteiger partial charge is 0.391 e. The van der Waals surface area contributed by atoms with Crippen molar-refractivity contribution in [2.24, 2.45) is 0 Å². The van der Waals surface area contributed by atoms with Gasteiger partial charge in [-0.1, -0.05) is 0 Å². The second kappa shape index (κ2) is 4.70. The van der Waals surface area contributed by atoms with Crippen LogP contribution in [0, 0.1) is 6.92 Å². The van der Waals surface area contributed by atoms with Crippen molar-refractivity contribution >= 4 is 17.2 Å². The number of aliphatic hydroxyl groups excluding tert-OH is 1. The number of β-amino-alcohol motifs (C(OH)–C–C–N with tert-alkyl or cyclic N) is 1. The number of hydrogen-bond donors (Lipinski definition) is 1. The molecular weight excluding hydrogens is 293 g/mol. The molecule has 1 aromatic heterocycles. The minimum atomic E-state index is -4.55. The van der Waals surface area contributed by atoms with Crippen LogP contribution in [0.3, 0.4) is 0 Å². The third-order valence-electron chi connectivity index (χ3n) is 3.34. The van der Waals surface area contributed by atoms with Crippen LogP contribution in [0.15, 0.2) is 0 Å². The number of amides is 1. The summed E-state index contributed by atoms with van der Waals surface area (Å²) >= 11 is 0.354. The Morgan fingerprint density at radius 3 is 2.50 bits per heavy atom. The van der Waals surface area contributed by atoms with E-state index in [0.29, 0.717) is 17.8 Å². The lowest BCUT2D eigenvalue weighted by Crippen LogP contribution is -2.42. The number of thiazole rings is 1. The molecule has 1 aliphatic rings. The normalized spacial score (nSPS) is 22.4. The molecule has 1 aliphatic heterocycles. The molecule has 4 nitrogen and oxygen atoms in total. The van der Waals surface area contributed by atoms with Crippen LogP contribution in [0.25, 0.3) is 0 Å². The molecule has 1 saturated heterocycles. The van der Waals surface area contributed by atoms with Crippen molar-refractivity contribution in [2.75, 3.05) is 6.54 Å². The number of hydrogen-bond acceptors (Lipinski definition) is 4. The molecule has 1 atom stereocenters. The molecule has 8 heteroatoms. The van der Waals surface area contributed by atoms with Crippen molar-refractivity contribution in [3.63, 3.8) is 0 Å². The maximum Gasteiger partial charge on any atom is 0.443 e. The van der Waals surface area contributed by atoms with Gasteiger partial charge >= 0.3 is 6.18 Å². The molecule has 0 saturated carbocycles. The van der Waals surface area contributed by atoms with Gasteiger partial charge in [-0.3, -0.25) is 4.79 Å². The van der Waals surface area contributed by atoms with Crippen LogP contribution in [-0.4, -0.2) is 39.1 Å². The summed E-state index contributed by atoms with van der Waals surface area (Å²) in [6, 6.07) is 0. The molecule has 1 N–H and O–H groups in total. The molecule has 1 amide bonds. The first kappa shape index (κ1) is 15.2. The lowest BCUT2D eigenvalue weighted by atomic mass is 10.0. The summed E-state index contributed by atoms with van der Waals surface area (Å²) in [5.41, 5.74) is -0.504. The Hall–Kier alpha value is -1.15. The van der Waals surface area contributed by atoms with Gasteiger partial charge in [0.1, 0.15) is 4.88 Å². The van der Waals surface area contributed by atoms with E-state index in [0.717, 1.165) is 0 Å². The van der Waals surface area contributed by atoms with Gasteiger partial charge in [-0.15, -0.1) is 11.3 Å². The molecule has 0 aliphatic carbocycles. The topological polar surface area (TPSA) is 53.4 Å². The second-order valence-corrected chi connectivity index (χ2v) is 6.52. The van der Waals surface area contributed by atoms with E-state index in [4.69, 9.17) is 0 Å². The van der Waals surface area contributed by atoms with Gasteiger partial charge in [0.2, 0.25) is 0 Å². The van der Waals surface area contributed by atoms with E-state index in [-0.39, 0.29) is 17.1 Å². The zero-order valence-electron chi connectivity index (χ0n) is 11.3. The molecule has 0 aromatic carbocycles. The fraction of sp³-hybridized carbons (Fsp3) is 0.667. The Balaban J connectivity index is 2.33. The average Bonchev–Trinajstić information content (AvgIpc) is 2.77. The molecule has 1 aromatic rings. The number of carbonyl (C=O) groups is 1. The first-order chi connectivity index (χ1) is 9.02. The minimum absolute atomic E-state index is 0.0144. The summed E-state index contributed by atoms with van der Waals surface area (Å²) < 4.78 is 37.9. The van der Waals surface area contributed by atoms with E-state index in [9.17, 15) is 23.1 Å². The number of nitrogens with zero attached hydrogens (tertiary/aromatic N) is 2. The van der Waals surface area contributed by atoms with Gasteiger partial charge in [-0.25, -0.2) is 4.98 Å². The number of aliphatic hydroxyl groups is 1. The summed E-state index contributed by atoms with van der Waals surface area (Å²) in [5, 5.41) is 8.63. The highest BCUT2D eigenvalue weighted by molar-refractivity contribution is 7.13. The van der Waals surface area contributed by atoms with Crippen LogP contribution >= 0.6 is 11.3 Å². The Morgan fingerprint density at radius 1 is 1.50 bits per heavy atom. The van der Waals surface area contributed by atoms with Crippen LogP contribution in [0.4, 0.5) is 13.2 Å². The minimum Gasteiger partial charge on any atom is -0.391 e. The van der Waals surface area contributed by atoms with Gasteiger partial charge in [0.05, 0.1) is 11.8 Å². The highest BCUT2D eigenvalue weighted by Crippen LogP contribution is 2.36. The molecule has 2 rings (SSSR count). The molecule has 20 heavy (non-hydrogen) atoms. The predicted molar refractivity (Wildman–Crippen MR) is 67.6 cm³/mol. The number of aryl methyl sites for hydroxylation is 1. The Morgan fingerprint density at radius 2 is 2.10 bits per heavy atom. The van der Waals surface area contributed by atoms with Crippen LogP contribution < -0.4 is 0 Å². The zero-order valence-corrected chi connectivity index (χ0v) is 12.1. The highest BCUT2D eigenvalue weighted by atomic mass is 32.1. The molecule has 1 unspecified atom stereocenters. The summed E-state index contributed by atoms with van der Waals surface area (Å²) in [5.74, 6) is -0.503. The van der Waals surface area contributed by atoms with E-state index >= 15 is 0 Å². The maximum absolute atomic E-state index is 12.6. The number of alkyl halides is 3. The number of aromatic nitrogens is 1. The summed E-state index contributed by atoms with van der Waals surface area (Å²) in [6.07, 6.45) is -4.79. The zero-order chi connectivity index (χ0) is 15.3. The van der Waals surface area contributed by atoms with Gasteiger partial charge in [0.25, 0.3) is 5.91 Å². The maximum atomic E-state index is 12.6. The molecule has 0 radical (unpaired) electrons. The summed E-state index contributed by atoms with van der Waals surface area (Å²) in [7, 11) is 0. The van der Waals surface area contributed by atoms with E-state index in [1.807, 2.05) is 0 Å². The molecule has 1 fully saturated rings. The van der Waals surface area contributed by atoms with Crippen molar-refractivity contribution in [2.45, 2.75) is 45.0 Å². The highest BCUT2D eigenvalue weighted by Gasteiger charge is 2.43. The van der Waals surface area contributed by atoms with Gasteiger partial charge in [-0.05, 0) is 27.2 Å². The van der Waals surface area contributed by atoms with E-state index in [1.54, 1.807) is 13.8 Å². The number of likely N-dealkylation sites (tertiary alicyclic amines) is 1. The lowest BCUT2D eigenvalue weighted by Gasteiger charge is -2.30. The number of halogens is 3. The number of carbonyl (C=O) groups excluding carboxylic acids is 1. The SMILES string of the molecule is Cc1nc(C(F)(F)F)sc1C(=O)N1CC(O)CC1(C)C. The first-order valence-electron chi connectivity index (χ1n) is 6.07. The molecular formula is C12H15F3N2O2S. The van der Waals surface area contributed by atoms with Crippen molar-refractivity contribution in [3.05, 3.63) is 15.6 Å². The third-order valence-corrected chi connectivity index (χ3v) is 4.53. The Bertz CT molecular complexity index is 539. The fourth-order valence-corrected chi connectivity index (χ4v) is 3.29. The standard InChI is InChI=1S/C12H15F3N2O2S/c1-6-8(20-10(16-6)12(13,14)15)9(19)17-5-7(18)4-11(17,2)3/h7,18H,4-5H2,1-3H3. The average molecular weight is 308 g/mol. The van der Waals surface area contributed by atoms with E-state index in [1.165, 1.54) is 11.8 Å². The van der Waals surface area contributed by atoms with Gasteiger partial charge in [0.15, 0.2) is 5.01 Å².